The molecule has 2 fully saturated rings. The molecule has 3 rings (SSSR count). The molecule has 0 amide bonds. The lowest BCUT2D eigenvalue weighted by atomic mass is 9.98. The molecule has 1 aromatic rings. The molecule has 2 saturated heterocycles. The number of aliphatic hydroxyl groups excluding tert-OH is 1. The summed E-state index contributed by atoms with van der Waals surface area (Å²) in [6, 6.07) is 1.09. The van der Waals surface area contributed by atoms with E-state index in [1.54, 1.807) is 13.8 Å². The highest BCUT2D eigenvalue weighted by Crippen LogP contribution is 2.36. The average Bonchev–Trinajstić information content (AvgIpc) is 2.44. The molecule has 2 aliphatic heterocycles. The van der Waals surface area contributed by atoms with Crippen LogP contribution in [0.2, 0.25) is 0 Å². The van der Waals surface area contributed by atoms with Crippen molar-refractivity contribution in [1.29, 1.82) is 0 Å². The number of rotatable bonds is 1. The van der Waals surface area contributed by atoms with Crippen molar-refractivity contribution in [3.05, 3.63) is 33.1 Å². The average molecular weight is 316 g/mol. The molecule has 0 aromatic carbocycles. The van der Waals surface area contributed by atoms with Crippen molar-refractivity contribution in [2.24, 2.45) is 0 Å². The lowest BCUT2D eigenvalue weighted by molar-refractivity contribution is -0.358. The molecule has 1 aromatic heterocycles. The molecule has 22 heavy (non-hydrogen) atoms. The number of halogens is 1. The molecule has 122 valence electrons. The highest BCUT2D eigenvalue weighted by Gasteiger charge is 2.52. The van der Waals surface area contributed by atoms with Crippen LogP contribution in [0, 0.1) is 0 Å². The van der Waals surface area contributed by atoms with Gasteiger partial charge in [0.1, 0.15) is 18.3 Å². The second kappa shape index (κ2) is 5.27. The Hall–Kier alpha value is -1.55. The first-order chi connectivity index (χ1) is 10.3. The van der Waals surface area contributed by atoms with Gasteiger partial charge in [-0.1, -0.05) is 0 Å². The third-order valence-corrected chi connectivity index (χ3v) is 3.75. The number of aliphatic hydroxyl groups is 1. The molecule has 0 aliphatic carbocycles. The van der Waals surface area contributed by atoms with Gasteiger partial charge in [-0.2, -0.15) is 0 Å². The van der Waals surface area contributed by atoms with Crippen LogP contribution in [0.1, 0.15) is 20.1 Å². The van der Waals surface area contributed by atoms with Crippen molar-refractivity contribution in [2.45, 2.75) is 50.3 Å². The number of nitrogens with zero attached hydrogens (tertiary/aromatic N) is 1. The molecule has 0 spiro atoms. The van der Waals surface area contributed by atoms with Gasteiger partial charge in [0.25, 0.3) is 5.56 Å². The van der Waals surface area contributed by atoms with Crippen molar-refractivity contribution in [2.75, 3.05) is 6.61 Å². The van der Waals surface area contributed by atoms with Crippen molar-refractivity contribution in [1.82, 2.24) is 9.55 Å². The Morgan fingerprint density at radius 2 is 2.18 bits per heavy atom. The zero-order valence-corrected chi connectivity index (χ0v) is 12.1. The summed E-state index contributed by atoms with van der Waals surface area (Å²) < 4.78 is 31.9. The second-order valence-corrected chi connectivity index (χ2v) is 5.81. The summed E-state index contributed by atoms with van der Waals surface area (Å²) in [5.74, 6) is -0.976. The van der Waals surface area contributed by atoms with Crippen molar-refractivity contribution in [3.63, 3.8) is 0 Å². The highest BCUT2D eigenvalue weighted by molar-refractivity contribution is 4.96. The number of hydrogen-bond acceptors (Lipinski definition) is 6. The number of nitrogens with one attached hydrogen (secondary N) is 1. The van der Waals surface area contributed by atoms with Gasteiger partial charge in [-0.25, -0.2) is 9.18 Å². The minimum Gasteiger partial charge on any atom is -0.385 e. The predicted molar refractivity (Wildman–Crippen MR) is 71.0 cm³/mol. The number of alkyl halides is 1. The molecular weight excluding hydrogens is 299 g/mol. The first-order valence-electron chi connectivity index (χ1n) is 6.89. The summed E-state index contributed by atoms with van der Waals surface area (Å²) in [5, 5.41) is 10.1. The van der Waals surface area contributed by atoms with E-state index < -0.39 is 47.7 Å². The third kappa shape index (κ3) is 2.60. The van der Waals surface area contributed by atoms with Gasteiger partial charge in [0, 0.05) is 12.3 Å². The van der Waals surface area contributed by atoms with Crippen LogP contribution in [-0.2, 0) is 14.2 Å². The number of hydrogen-bond donors (Lipinski definition) is 2. The Morgan fingerprint density at radius 3 is 2.86 bits per heavy atom. The van der Waals surface area contributed by atoms with Gasteiger partial charge in [-0.05, 0) is 13.8 Å². The number of fused-ring (bicyclic) bond motifs is 1. The Balaban J connectivity index is 1.90. The van der Waals surface area contributed by atoms with Gasteiger partial charge >= 0.3 is 5.69 Å². The van der Waals surface area contributed by atoms with Crippen LogP contribution in [0.4, 0.5) is 4.39 Å². The Labute approximate surface area is 124 Å². The van der Waals surface area contributed by atoms with E-state index in [2.05, 4.69) is 0 Å². The van der Waals surface area contributed by atoms with Crippen LogP contribution in [0.3, 0.4) is 0 Å². The molecule has 8 nitrogen and oxygen atoms in total. The van der Waals surface area contributed by atoms with E-state index in [4.69, 9.17) is 14.2 Å². The topological polar surface area (TPSA) is 103 Å². The van der Waals surface area contributed by atoms with Crippen LogP contribution >= 0.6 is 0 Å². The van der Waals surface area contributed by atoms with Crippen LogP contribution in [0.5, 0.6) is 0 Å². The van der Waals surface area contributed by atoms with Crippen molar-refractivity contribution in [3.8, 4) is 0 Å². The van der Waals surface area contributed by atoms with Gasteiger partial charge in [-0.3, -0.25) is 14.3 Å². The molecule has 2 N–H and O–H groups in total. The molecule has 0 bridgehead atoms. The maximum Gasteiger partial charge on any atom is 0.330 e. The van der Waals surface area contributed by atoms with E-state index in [0.717, 1.165) is 16.8 Å². The summed E-state index contributed by atoms with van der Waals surface area (Å²) in [7, 11) is 0. The molecule has 5 atom stereocenters. The Morgan fingerprint density at radius 1 is 1.45 bits per heavy atom. The fraction of sp³-hybridized carbons (Fsp3) is 0.692. The summed E-state index contributed by atoms with van der Waals surface area (Å²) in [4.78, 5) is 24.9. The van der Waals surface area contributed by atoms with Crippen LogP contribution < -0.4 is 11.2 Å². The van der Waals surface area contributed by atoms with Crippen LogP contribution in [-0.4, -0.2) is 51.5 Å². The monoisotopic (exact) mass is 316 g/mol. The maximum atomic E-state index is 14.5. The first-order valence-corrected chi connectivity index (χ1v) is 6.89. The standard InChI is InChI=1S/C13H17FN2O6/c1-13(2)20-5-6-10(22-13)8(14)9(18)11(21-6)16-4-3-7(17)15-12(16)19/h3-4,6,8-11,18H,5H2,1-2H3,(H,15,17,19)/t6-,8-,9-,10-,11-/m1/s1. The van der Waals surface area contributed by atoms with Crippen molar-refractivity contribution >= 4 is 0 Å². The lowest BCUT2D eigenvalue weighted by Gasteiger charge is -2.48. The summed E-state index contributed by atoms with van der Waals surface area (Å²) >= 11 is 0. The molecule has 0 saturated carbocycles. The van der Waals surface area contributed by atoms with E-state index in [9.17, 15) is 19.1 Å². The van der Waals surface area contributed by atoms with Gasteiger partial charge < -0.3 is 19.3 Å². The van der Waals surface area contributed by atoms with Gasteiger partial charge in [0.15, 0.2) is 18.2 Å². The summed E-state index contributed by atoms with van der Waals surface area (Å²) in [6.45, 7) is 3.35. The second-order valence-electron chi connectivity index (χ2n) is 5.81. The fourth-order valence-electron chi connectivity index (χ4n) is 2.67. The predicted octanol–water partition coefficient (Wildman–Crippen LogP) is -0.715. The van der Waals surface area contributed by atoms with Crippen molar-refractivity contribution < 1.29 is 23.7 Å². The van der Waals surface area contributed by atoms with Gasteiger partial charge in [-0.15, -0.1) is 0 Å². The number of aromatic nitrogens is 2. The summed E-state index contributed by atoms with van der Waals surface area (Å²) in [5.41, 5.74) is -1.38. The van der Waals surface area contributed by atoms with Gasteiger partial charge in [0.05, 0.1) is 6.61 Å². The quantitative estimate of drug-likeness (QED) is 0.709. The number of aromatic amines is 1. The van der Waals surface area contributed by atoms with E-state index in [1.165, 1.54) is 0 Å². The lowest BCUT2D eigenvalue weighted by Crippen LogP contribution is -2.62. The zero-order valence-electron chi connectivity index (χ0n) is 12.1. The molecule has 3 heterocycles. The smallest absolute Gasteiger partial charge is 0.330 e. The van der Waals surface area contributed by atoms with E-state index in [0.29, 0.717) is 0 Å². The summed E-state index contributed by atoms with van der Waals surface area (Å²) in [6.07, 6.45) is -5.25. The van der Waals surface area contributed by atoms with Crippen LogP contribution in [0.25, 0.3) is 0 Å². The first kappa shape index (κ1) is 15.3. The van der Waals surface area contributed by atoms with Crippen LogP contribution in [0.15, 0.2) is 21.9 Å². The minimum absolute atomic E-state index is 0.0689. The molecule has 0 unspecified atom stereocenters. The normalized spacial score (nSPS) is 37.5. The fourth-order valence-corrected chi connectivity index (χ4v) is 2.67. The highest BCUT2D eigenvalue weighted by atomic mass is 19.1. The maximum absolute atomic E-state index is 14.5. The molecule has 9 heteroatoms. The number of H-pyrrole nitrogens is 1. The SMILES string of the molecule is CC1(C)OC[C@H]2O[C@@H](n3ccc(=O)[nH]c3=O)[C@H](O)[C@@H](F)[C@@H]2O1. The zero-order chi connectivity index (χ0) is 16.1. The molecule has 0 radical (unpaired) electrons. The largest absolute Gasteiger partial charge is 0.385 e. The van der Waals surface area contributed by atoms with Gasteiger partial charge in [0.2, 0.25) is 0 Å². The Kier molecular flexibility index (Phi) is 3.68. The minimum atomic E-state index is -1.76. The van der Waals surface area contributed by atoms with E-state index in [1.807, 2.05) is 4.98 Å². The third-order valence-electron chi connectivity index (χ3n) is 3.75. The van der Waals surface area contributed by atoms with E-state index >= 15 is 0 Å². The molecular formula is C13H17FN2O6. The number of ether oxygens (including phenoxy) is 3. The van der Waals surface area contributed by atoms with E-state index in [-0.39, 0.29) is 6.61 Å². The Bertz CT molecular complexity index is 669. The molecule has 2 aliphatic rings.